The molecule has 2 heterocycles. The maximum atomic E-state index is 13.5. The van der Waals surface area contributed by atoms with Gasteiger partial charge in [0.2, 0.25) is 5.91 Å². The van der Waals surface area contributed by atoms with Crippen molar-refractivity contribution in [2.45, 2.75) is 32.4 Å². The van der Waals surface area contributed by atoms with Crippen LogP contribution in [0, 0.1) is 12.3 Å². The summed E-state index contributed by atoms with van der Waals surface area (Å²) in [5.41, 5.74) is 0.339. The SMILES string of the molecule is C#CCN1CCN(C(=O)OC(C)(C)C)[C@@H](C(=O)N2CCN(c3ccc(Cl)c(Cl)c3)CC2)C1. The highest BCUT2D eigenvalue weighted by Gasteiger charge is 2.40. The molecule has 2 fully saturated rings. The van der Waals surface area contributed by atoms with Crippen LogP contribution in [0.25, 0.3) is 0 Å². The summed E-state index contributed by atoms with van der Waals surface area (Å²) in [7, 11) is 0. The van der Waals surface area contributed by atoms with Crippen molar-refractivity contribution < 1.29 is 14.3 Å². The van der Waals surface area contributed by atoms with E-state index in [1.807, 2.05) is 42.7 Å². The van der Waals surface area contributed by atoms with Crippen LogP contribution in [0.1, 0.15) is 20.8 Å². The summed E-state index contributed by atoms with van der Waals surface area (Å²) in [6.07, 6.45) is 5.01. The number of ether oxygens (including phenoxy) is 1. The lowest BCUT2D eigenvalue weighted by Crippen LogP contribution is -2.63. The number of terminal acetylenes is 1. The lowest BCUT2D eigenvalue weighted by molar-refractivity contribution is -0.139. The molecule has 2 saturated heterocycles. The molecule has 7 nitrogen and oxygen atoms in total. The topological polar surface area (TPSA) is 56.3 Å². The normalized spacial score (nSPS) is 20.1. The second-order valence-corrected chi connectivity index (χ2v) is 9.85. The number of hydrogen-bond donors (Lipinski definition) is 0. The van der Waals surface area contributed by atoms with E-state index in [1.54, 1.807) is 11.0 Å². The summed E-state index contributed by atoms with van der Waals surface area (Å²) < 4.78 is 5.56. The van der Waals surface area contributed by atoms with Gasteiger partial charge in [-0.15, -0.1) is 6.42 Å². The fourth-order valence-corrected chi connectivity index (χ4v) is 4.23. The van der Waals surface area contributed by atoms with E-state index in [-0.39, 0.29) is 5.91 Å². The molecule has 2 amide bonds. The average molecular weight is 481 g/mol. The maximum Gasteiger partial charge on any atom is 0.411 e. The maximum absolute atomic E-state index is 13.5. The molecule has 0 radical (unpaired) electrons. The smallest absolute Gasteiger partial charge is 0.411 e. The molecule has 2 aliphatic heterocycles. The first kappa shape index (κ1) is 24.5. The summed E-state index contributed by atoms with van der Waals surface area (Å²) in [6.45, 7) is 9.73. The van der Waals surface area contributed by atoms with E-state index in [0.29, 0.717) is 62.4 Å². The molecule has 3 rings (SSSR count). The number of nitrogens with zero attached hydrogens (tertiary/aromatic N) is 4. The zero-order chi connectivity index (χ0) is 23.5. The predicted molar refractivity (Wildman–Crippen MR) is 127 cm³/mol. The number of carbonyl (C=O) groups excluding carboxylic acids is 2. The Labute approximate surface area is 200 Å². The van der Waals surface area contributed by atoms with Crippen molar-refractivity contribution in [1.82, 2.24) is 14.7 Å². The van der Waals surface area contributed by atoms with Gasteiger partial charge in [-0.25, -0.2) is 4.79 Å². The quantitative estimate of drug-likeness (QED) is 0.621. The molecule has 1 aromatic rings. The van der Waals surface area contributed by atoms with Crippen LogP contribution in [0.4, 0.5) is 10.5 Å². The van der Waals surface area contributed by atoms with Gasteiger partial charge < -0.3 is 14.5 Å². The van der Waals surface area contributed by atoms with Crippen LogP contribution in [-0.2, 0) is 9.53 Å². The monoisotopic (exact) mass is 480 g/mol. The highest BCUT2D eigenvalue weighted by Crippen LogP contribution is 2.28. The Morgan fingerprint density at radius 1 is 1.09 bits per heavy atom. The highest BCUT2D eigenvalue weighted by molar-refractivity contribution is 6.42. The summed E-state index contributed by atoms with van der Waals surface area (Å²) in [5.74, 6) is 2.55. The summed E-state index contributed by atoms with van der Waals surface area (Å²) in [6, 6.07) is 4.92. The minimum Gasteiger partial charge on any atom is -0.444 e. The molecule has 2 aliphatic rings. The van der Waals surface area contributed by atoms with Crippen LogP contribution in [0.5, 0.6) is 0 Å². The third kappa shape index (κ3) is 6.00. The van der Waals surface area contributed by atoms with Gasteiger partial charge in [0, 0.05) is 51.5 Å². The van der Waals surface area contributed by atoms with Crippen molar-refractivity contribution >= 4 is 40.9 Å². The number of benzene rings is 1. The highest BCUT2D eigenvalue weighted by atomic mass is 35.5. The number of anilines is 1. The zero-order valence-electron chi connectivity index (χ0n) is 18.8. The van der Waals surface area contributed by atoms with Gasteiger partial charge in [-0.05, 0) is 39.0 Å². The Hall–Kier alpha value is -2.14. The van der Waals surface area contributed by atoms with E-state index >= 15 is 0 Å². The fraction of sp³-hybridized carbons (Fsp3) is 0.565. The molecule has 1 atom stereocenters. The van der Waals surface area contributed by atoms with Gasteiger partial charge in [-0.3, -0.25) is 14.6 Å². The molecule has 0 unspecified atom stereocenters. The standard InChI is InChI=1S/C23H30Cl2N4O3/c1-5-8-26-9-14-29(22(31)32-23(2,3)4)20(16-26)21(30)28-12-10-27(11-13-28)17-6-7-18(24)19(25)15-17/h1,6-7,15,20H,8-14,16H2,2-4H3/t20-/m1/s1. The number of halogens is 2. The second-order valence-electron chi connectivity index (χ2n) is 9.04. The van der Waals surface area contributed by atoms with Gasteiger partial charge in [0.1, 0.15) is 11.6 Å². The first-order valence-corrected chi connectivity index (χ1v) is 11.5. The summed E-state index contributed by atoms with van der Waals surface area (Å²) >= 11 is 12.2. The molecule has 174 valence electrons. The van der Waals surface area contributed by atoms with Gasteiger partial charge in [0.05, 0.1) is 16.6 Å². The minimum atomic E-state index is -0.633. The predicted octanol–water partition coefficient (Wildman–Crippen LogP) is 3.20. The molecule has 0 bridgehead atoms. The lowest BCUT2D eigenvalue weighted by Gasteiger charge is -2.43. The minimum absolute atomic E-state index is 0.0774. The Balaban J connectivity index is 1.69. The molecular weight excluding hydrogens is 451 g/mol. The molecule has 9 heteroatoms. The number of piperazine rings is 2. The number of amides is 2. The Bertz CT molecular complexity index is 888. The largest absolute Gasteiger partial charge is 0.444 e. The Morgan fingerprint density at radius 2 is 1.78 bits per heavy atom. The van der Waals surface area contributed by atoms with Crippen molar-refractivity contribution in [2.24, 2.45) is 0 Å². The van der Waals surface area contributed by atoms with Gasteiger partial charge in [-0.2, -0.15) is 0 Å². The second kappa shape index (κ2) is 10.2. The Kier molecular flexibility index (Phi) is 7.81. The van der Waals surface area contributed by atoms with E-state index in [9.17, 15) is 9.59 Å². The van der Waals surface area contributed by atoms with E-state index in [2.05, 4.69) is 10.8 Å². The molecule has 0 aliphatic carbocycles. The van der Waals surface area contributed by atoms with Crippen molar-refractivity contribution in [1.29, 1.82) is 0 Å². The first-order valence-electron chi connectivity index (χ1n) is 10.7. The lowest BCUT2D eigenvalue weighted by atomic mass is 10.1. The van der Waals surface area contributed by atoms with Crippen molar-refractivity contribution in [3.05, 3.63) is 28.2 Å². The number of rotatable bonds is 3. The van der Waals surface area contributed by atoms with Crippen molar-refractivity contribution in [3.63, 3.8) is 0 Å². The van der Waals surface area contributed by atoms with E-state index < -0.39 is 17.7 Å². The molecule has 1 aromatic carbocycles. The molecule has 0 spiro atoms. The first-order chi connectivity index (χ1) is 15.1. The van der Waals surface area contributed by atoms with Crippen LogP contribution in [0.15, 0.2) is 18.2 Å². The van der Waals surface area contributed by atoms with Crippen molar-refractivity contribution in [3.8, 4) is 12.3 Å². The van der Waals surface area contributed by atoms with Crippen LogP contribution in [0.3, 0.4) is 0 Å². The van der Waals surface area contributed by atoms with Gasteiger partial charge >= 0.3 is 6.09 Å². The van der Waals surface area contributed by atoms with Gasteiger partial charge in [0.15, 0.2) is 0 Å². The molecule has 32 heavy (non-hydrogen) atoms. The fourth-order valence-electron chi connectivity index (χ4n) is 3.94. The number of hydrogen-bond acceptors (Lipinski definition) is 5. The molecule has 0 aromatic heterocycles. The van der Waals surface area contributed by atoms with Crippen LogP contribution in [0.2, 0.25) is 10.0 Å². The summed E-state index contributed by atoms with van der Waals surface area (Å²) in [5, 5.41) is 1.02. The van der Waals surface area contributed by atoms with Crippen LogP contribution >= 0.6 is 23.2 Å². The summed E-state index contributed by atoms with van der Waals surface area (Å²) in [4.78, 5) is 33.8. The average Bonchev–Trinajstić information content (AvgIpc) is 2.74. The number of carbonyl (C=O) groups is 2. The van der Waals surface area contributed by atoms with Gasteiger partial charge in [-0.1, -0.05) is 29.1 Å². The zero-order valence-corrected chi connectivity index (χ0v) is 20.3. The van der Waals surface area contributed by atoms with E-state index in [0.717, 1.165) is 5.69 Å². The van der Waals surface area contributed by atoms with E-state index in [4.69, 9.17) is 34.4 Å². The molecule has 0 saturated carbocycles. The third-order valence-corrected chi connectivity index (χ3v) is 6.29. The van der Waals surface area contributed by atoms with E-state index in [1.165, 1.54) is 0 Å². The van der Waals surface area contributed by atoms with Crippen molar-refractivity contribution in [2.75, 3.05) is 57.3 Å². The molecule has 0 N–H and O–H groups in total. The van der Waals surface area contributed by atoms with Crippen LogP contribution in [-0.4, -0.2) is 90.7 Å². The Morgan fingerprint density at radius 3 is 2.38 bits per heavy atom. The van der Waals surface area contributed by atoms with Gasteiger partial charge in [0.25, 0.3) is 0 Å². The molecular formula is C23H30Cl2N4O3. The third-order valence-electron chi connectivity index (χ3n) is 5.55. The van der Waals surface area contributed by atoms with Crippen LogP contribution < -0.4 is 4.90 Å².